The SMILES string of the molecule is COc1ccccc1NCC(=O)N[C@H](C)c1ccc2c(c1)CCCC2. The van der Waals surface area contributed by atoms with E-state index >= 15 is 0 Å². The second-order valence-corrected chi connectivity index (χ2v) is 6.58. The van der Waals surface area contributed by atoms with Crippen LogP contribution < -0.4 is 15.4 Å². The summed E-state index contributed by atoms with van der Waals surface area (Å²) >= 11 is 0. The van der Waals surface area contributed by atoms with Crippen molar-refractivity contribution in [1.82, 2.24) is 5.32 Å². The van der Waals surface area contributed by atoms with Crippen molar-refractivity contribution in [3.05, 3.63) is 59.2 Å². The summed E-state index contributed by atoms with van der Waals surface area (Å²) in [6.07, 6.45) is 4.88. The Bertz CT molecular complexity index is 742. The van der Waals surface area contributed by atoms with E-state index in [1.165, 1.54) is 36.0 Å². The van der Waals surface area contributed by atoms with Gasteiger partial charge >= 0.3 is 0 Å². The summed E-state index contributed by atoms with van der Waals surface area (Å²) in [6, 6.07) is 14.2. The molecule has 0 unspecified atom stereocenters. The lowest BCUT2D eigenvalue weighted by Gasteiger charge is -2.20. The zero-order chi connectivity index (χ0) is 17.6. The number of hydrogen-bond acceptors (Lipinski definition) is 3. The number of aryl methyl sites for hydroxylation is 2. The number of fused-ring (bicyclic) bond motifs is 1. The van der Waals surface area contributed by atoms with E-state index in [1.807, 2.05) is 31.2 Å². The highest BCUT2D eigenvalue weighted by Crippen LogP contribution is 2.25. The monoisotopic (exact) mass is 338 g/mol. The number of ether oxygens (including phenoxy) is 1. The first-order valence-corrected chi connectivity index (χ1v) is 8.95. The first kappa shape index (κ1) is 17.3. The smallest absolute Gasteiger partial charge is 0.239 e. The molecule has 25 heavy (non-hydrogen) atoms. The predicted molar refractivity (Wildman–Crippen MR) is 101 cm³/mol. The summed E-state index contributed by atoms with van der Waals surface area (Å²) in [6.45, 7) is 2.25. The van der Waals surface area contributed by atoms with Gasteiger partial charge in [-0.1, -0.05) is 30.3 Å². The van der Waals surface area contributed by atoms with Gasteiger partial charge < -0.3 is 15.4 Å². The van der Waals surface area contributed by atoms with E-state index < -0.39 is 0 Å². The zero-order valence-corrected chi connectivity index (χ0v) is 15.0. The number of rotatable bonds is 6. The third kappa shape index (κ3) is 4.32. The fraction of sp³-hybridized carbons (Fsp3) is 0.381. The molecule has 1 atom stereocenters. The molecule has 3 rings (SSSR count). The summed E-state index contributed by atoms with van der Waals surface area (Å²) in [5.74, 6) is 0.703. The molecular formula is C21H26N2O2. The van der Waals surface area contributed by atoms with Crippen LogP contribution in [-0.4, -0.2) is 19.6 Å². The van der Waals surface area contributed by atoms with Crippen molar-refractivity contribution in [1.29, 1.82) is 0 Å². The molecule has 0 radical (unpaired) electrons. The van der Waals surface area contributed by atoms with Crippen LogP contribution in [0.4, 0.5) is 5.69 Å². The first-order valence-electron chi connectivity index (χ1n) is 8.95. The molecule has 4 heteroatoms. The highest BCUT2D eigenvalue weighted by molar-refractivity contribution is 5.81. The van der Waals surface area contributed by atoms with Crippen LogP contribution >= 0.6 is 0 Å². The Labute approximate surface area is 149 Å². The van der Waals surface area contributed by atoms with Crippen molar-refractivity contribution in [3.8, 4) is 5.75 Å². The van der Waals surface area contributed by atoms with E-state index in [1.54, 1.807) is 7.11 Å². The Balaban J connectivity index is 1.57. The van der Waals surface area contributed by atoms with Gasteiger partial charge in [-0.2, -0.15) is 0 Å². The molecule has 132 valence electrons. The van der Waals surface area contributed by atoms with Gasteiger partial charge in [0.1, 0.15) is 5.75 Å². The van der Waals surface area contributed by atoms with Crippen LogP contribution in [0.25, 0.3) is 0 Å². The van der Waals surface area contributed by atoms with Crippen molar-refractivity contribution in [2.45, 2.75) is 38.6 Å². The summed E-state index contributed by atoms with van der Waals surface area (Å²) in [4.78, 5) is 12.3. The molecule has 4 nitrogen and oxygen atoms in total. The molecule has 2 aromatic carbocycles. The standard InChI is InChI=1S/C21H26N2O2/c1-15(17-12-11-16-7-3-4-8-18(16)13-17)23-21(24)14-22-19-9-5-6-10-20(19)25-2/h5-6,9-13,15,22H,3-4,7-8,14H2,1-2H3,(H,23,24)/t15-/m1/s1. The topological polar surface area (TPSA) is 50.4 Å². The van der Waals surface area contributed by atoms with Gasteiger partial charge in [0.2, 0.25) is 5.91 Å². The van der Waals surface area contributed by atoms with Gasteiger partial charge in [-0.25, -0.2) is 0 Å². The number of amides is 1. The molecule has 1 amide bonds. The predicted octanol–water partition coefficient (Wildman–Crippen LogP) is 3.86. The van der Waals surface area contributed by atoms with Crippen molar-refractivity contribution < 1.29 is 9.53 Å². The second kappa shape index (κ2) is 8.06. The number of nitrogens with one attached hydrogen (secondary N) is 2. The van der Waals surface area contributed by atoms with E-state index in [2.05, 4.69) is 28.8 Å². The normalized spacial score (nSPS) is 14.3. The van der Waals surface area contributed by atoms with Crippen molar-refractivity contribution in [3.63, 3.8) is 0 Å². The molecular weight excluding hydrogens is 312 g/mol. The molecule has 0 fully saturated rings. The number of benzene rings is 2. The third-order valence-corrected chi connectivity index (χ3v) is 4.80. The van der Waals surface area contributed by atoms with Crippen LogP contribution in [0.15, 0.2) is 42.5 Å². The highest BCUT2D eigenvalue weighted by atomic mass is 16.5. The molecule has 2 aromatic rings. The van der Waals surface area contributed by atoms with E-state index in [-0.39, 0.29) is 18.5 Å². The van der Waals surface area contributed by atoms with E-state index in [0.717, 1.165) is 17.9 Å². The average molecular weight is 338 g/mol. The maximum atomic E-state index is 12.3. The Morgan fingerprint density at radius 1 is 1.12 bits per heavy atom. The molecule has 0 aliphatic heterocycles. The van der Waals surface area contributed by atoms with Gasteiger partial charge in [-0.3, -0.25) is 4.79 Å². The molecule has 0 spiro atoms. The lowest BCUT2D eigenvalue weighted by Crippen LogP contribution is -2.32. The Morgan fingerprint density at radius 2 is 1.88 bits per heavy atom. The number of carbonyl (C=O) groups excluding carboxylic acids is 1. The summed E-state index contributed by atoms with van der Waals surface area (Å²) in [5.41, 5.74) is 4.90. The summed E-state index contributed by atoms with van der Waals surface area (Å²) in [5, 5.41) is 6.20. The Kier molecular flexibility index (Phi) is 5.59. The number of para-hydroxylation sites is 2. The van der Waals surface area contributed by atoms with Gasteiger partial charge in [0.15, 0.2) is 0 Å². The Morgan fingerprint density at radius 3 is 2.68 bits per heavy atom. The van der Waals surface area contributed by atoms with Gasteiger partial charge in [-0.05, 0) is 61.4 Å². The first-order chi connectivity index (χ1) is 12.2. The third-order valence-electron chi connectivity index (χ3n) is 4.80. The Hall–Kier alpha value is -2.49. The van der Waals surface area contributed by atoms with E-state index in [0.29, 0.717) is 0 Å². The lowest BCUT2D eigenvalue weighted by molar-refractivity contribution is -0.120. The molecule has 2 N–H and O–H groups in total. The molecule has 0 heterocycles. The number of carbonyl (C=O) groups is 1. The minimum Gasteiger partial charge on any atom is -0.495 e. The molecule has 0 saturated heterocycles. The minimum absolute atomic E-state index is 0.000745. The molecule has 1 aliphatic rings. The quantitative estimate of drug-likeness (QED) is 0.841. The van der Waals surface area contributed by atoms with Gasteiger partial charge in [0.25, 0.3) is 0 Å². The summed E-state index contributed by atoms with van der Waals surface area (Å²) < 4.78 is 5.29. The van der Waals surface area contributed by atoms with Gasteiger partial charge in [0.05, 0.1) is 25.4 Å². The largest absolute Gasteiger partial charge is 0.495 e. The fourth-order valence-corrected chi connectivity index (χ4v) is 3.36. The summed E-state index contributed by atoms with van der Waals surface area (Å²) in [7, 11) is 1.62. The van der Waals surface area contributed by atoms with Crippen molar-refractivity contribution in [2.24, 2.45) is 0 Å². The van der Waals surface area contributed by atoms with E-state index in [4.69, 9.17) is 4.74 Å². The zero-order valence-electron chi connectivity index (χ0n) is 15.0. The van der Waals surface area contributed by atoms with Gasteiger partial charge in [-0.15, -0.1) is 0 Å². The van der Waals surface area contributed by atoms with Crippen LogP contribution in [0.5, 0.6) is 5.75 Å². The second-order valence-electron chi connectivity index (χ2n) is 6.58. The molecule has 0 bridgehead atoms. The van der Waals surface area contributed by atoms with Crippen LogP contribution in [-0.2, 0) is 17.6 Å². The molecule has 1 aliphatic carbocycles. The van der Waals surface area contributed by atoms with Crippen LogP contribution in [0, 0.1) is 0 Å². The molecule has 0 saturated carbocycles. The highest BCUT2D eigenvalue weighted by Gasteiger charge is 2.14. The number of methoxy groups -OCH3 is 1. The average Bonchev–Trinajstić information content (AvgIpc) is 2.66. The van der Waals surface area contributed by atoms with Crippen molar-refractivity contribution >= 4 is 11.6 Å². The van der Waals surface area contributed by atoms with E-state index in [9.17, 15) is 4.79 Å². The maximum absolute atomic E-state index is 12.3. The van der Waals surface area contributed by atoms with Crippen molar-refractivity contribution in [2.75, 3.05) is 19.0 Å². The lowest BCUT2D eigenvalue weighted by atomic mass is 9.89. The number of hydrogen-bond donors (Lipinski definition) is 2. The maximum Gasteiger partial charge on any atom is 0.239 e. The van der Waals surface area contributed by atoms with Crippen LogP contribution in [0.3, 0.4) is 0 Å². The van der Waals surface area contributed by atoms with Crippen LogP contribution in [0.1, 0.15) is 42.5 Å². The number of anilines is 1. The minimum atomic E-state index is -0.0314. The molecule has 0 aromatic heterocycles. The fourth-order valence-electron chi connectivity index (χ4n) is 3.36. The van der Waals surface area contributed by atoms with Crippen LogP contribution in [0.2, 0.25) is 0 Å². The van der Waals surface area contributed by atoms with Gasteiger partial charge in [0, 0.05) is 0 Å².